The minimum absolute atomic E-state index is 0.270. The Morgan fingerprint density at radius 1 is 1.00 bits per heavy atom. The molecule has 2 rings (SSSR count). The van der Waals surface area contributed by atoms with Crippen LogP contribution in [0.5, 0.6) is 0 Å². The molecule has 0 fully saturated rings. The monoisotopic (exact) mass is 270 g/mol. The van der Waals surface area contributed by atoms with E-state index in [0.29, 0.717) is 12.8 Å². The smallest absolute Gasteiger partial charge is 0.141 e. The minimum Gasteiger partial charge on any atom is -0.299 e. The second-order valence-electron chi connectivity index (χ2n) is 4.67. The van der Waals surface area contributed by atoms with Crippen LogP contribution in [0.15, 0.2) is 53.4 Å². The van der Waals surface area contributed by atoms with Crippen molar-refractivity contribution in [1.82, 2.24) is 0 Å². The molecule has 0 N–H and O–H groups in total. The predicted octanol–water partition coefficient (Wildman–Crippen LogP) is 4.07. The van der Waals surface area contributed by atoms with Crippen LogP contribution in [0.1, 0.15) is 16.7 Å². The molecule has 2 aromatic rings. The fourth-order valence-corrected chi connectivity index (χ4v) is 2.46. The third kappa shape index (κ3) is 3.97. The van der Waals surface area contributed by atoms with Gasteiger partial charge in [0.1, 0.15) is 5.78 Å². The van der Waals surface area contributed by atoms with E-state index in [2.05, 4.69) is 31.4 Å². The Kier molecular flexibility index (Phi) is 4.80. The Hall–Kier alpha value is -1.54. The molecule has 98 valence electrons. The van der Waals surface area contributed by atoms with E-state index in [-0.39, 0.29) is 5.78 Å². The van der Waals surface area contributed by atoms with Crippen molar-refractivity contribution in [3.05, 3.63) is 65.2 Å². The van der Waals surface area contributed by atoms with Crippen molar-refractivity contribution < 1.29 is 4.79 Å². The fraction of sp³-hybridized carbons (Fsp3) is 0.235. The molecule has 0 aromatic heterocycles. The van der Waals surface area contributed by atoms with Gasteiger partial charge in [-0.1, -0.05) is 36.4 Å². The van der Waals surface area contributed by atoms with Crippen LogP contribution in [0.2, 0.25) is 0 Å². The zero-order chi connectivity index (χ0) is 13.7. The number of aryl methyl sites for hydroxylation is 1. The molecule has 0 aliphatic carbocycles. The molecule has 0 aliphatic rings. The molecule has 0 saturated carbocycles. The molecular formula is C17H18OS. The molecule has 0 atom stereocenters. The lowest BCUT2D eigenvalue weighted by Crippen LogP contribution is -2.07. The fourth-order valence-electron chi connectivity index (χ4n) is 2.05. The number of thioether (sulfide) groups is 1. The number of carbonyl (C=O) groups excluding carboxylic acids is 1. The summed E-state index contributed by atoms with van der Waals surface area (Å²) < 4.78 is 0. The molecule has 0 heterocycles. The molecule has 1 nitrogen and oxygen atoms in total. The summed E-state index contributed by atoms with van der Waals surface area (Å²) in [5.74, 6) is 0.270. The number of Topliss-reactive ketones (excluding diaryl/α,β-unsaturated/α-hetero) is 1. The number of rotatable bonds is 5. The van der Waals surface area contributed by atoms with Crippen LogP contribution in [0.4, 0.5) is 0 Å². The van der Waals surface area contributed by atoms with Crippen LogP contribution in [0.3, 0.4) is 0 Å². The van der Waals surface area contributed by atoms with Crippen LogP contribution in [0, 0.1) is 6.92 Å². The van der Waals surface area contributed by atoms with Crippen molar-refractivity contribution in [2.45, 2.75) is 24.7 Å². The summed E-state index contributed by atoms with van der Waals surface area (Å²) in [6, 6.07) is 16.3. The Labute approximate surface area is 119 Å². The van der Waals surface area contributed by atoms with Gasteiger partial charge in [0.25, 0.3) is 0 Å². The van der Waals surface area contributed by atoms with Crippen molar-refractivity contribution >= 4 is 17.5 Å². The summed E-state index contributed by atoms with van der Waals surface area (Å²) in [5.41, 5.74) is 3.41. The van der Waals surface area contributed by atoms with Crippen LogP contribution >= 0.6 is 11.8 Å². The van der Waals surface area contributed by atoms with E-state index >= 15 is 0 Å². The molecule has 0 amide bonds. The van der Waals surface area contributed by atoms with Gasteiger partial charge in [0.2, 0.25) is 0 Å². The lowest BCUT2D eigenvalue weighted by Gasteiger charge is -2.05. The summed E-state index contributed by atoms with van der Waals surface area (Å²) >= 11 is 1.72. The Morgan fingerprint density at radius 3 is 2.32 bits per heavy atom. The quantitative estimate of drug-likeness (QED) is 0.762. The maximum atomic E-state index is 12.1. The first-order valence-electron chi connectivity index (χ1n) is 6.38. The standard InChI is InChI=1S/C17H18OS/c1-13-5-3-4-6-15(13)12-16(18)11-14-7-9-17(19-2)10-8-14/h3-10H,11-12H2,1-2H3. The zero-order valence-corrected chi connectivity index (χ0v) is 12.2. The predicted molar refractivity (Wildman–Crippen MR) is 81.8 cm³/mol. The van der Waals surface area contributed by atoms with Crippen LogP contribution in [0.25, 0.3) is 0 Å². The highest BCUT2D eigenvalue weighted by Gasteiger charge is 2.07. The van der Waals surface area contributed by atoms with E-state index in [4.69, 9.17) is 0 Å². The molecule has 0 saturated heterocycles. The van der Waals surface area contributed by atoms with Gasteiger partial charge >= 0.3 is 0 Å². The molecule has 2 heteroatoms. The van der Waals surface area contributed by atoms with Crippen molar-refractivity contribution in [3.63, 3.8) is 0 Å². The molecular weight excluding hydrogens is 252 g/mol. The van der Waals surface area contributed by atoms with E-state index in [1.54, 1.807) is 11.8 Å². The summed E-state index contributed by atoms with van der Waals surface area (Å²) in [4.78, 5) is 13.3. The second-order valence-corrected chi connectivity index (χ2v) is 5.55. The van der Waals surface area contributed by atoms with Crippen molar-refractivity contribution in [1.29, 1.82) is 0 Å². The van der Waals surface area contributed by atoms with Crippen molar-refractivity contribution in [2.75, 3.05) is 6.26 Å². The number of ketones is 1. The SMILES string of the molecule is CSc1ccc(CC(=O)Cc2ccccc2C)cc1. The van der Waals surface area contributed by atoms with E-state index < -0.39 is 0 Å². The number of hydrogen-bond acceptors (Lipinski definition) is 2. The van der Waals surface area contributed by atoms with Gasteiger partial charge in [0.15, 0.2) is 0 Å². The van der Waals surface area contributed by atoms with Crippen molar-refractivity contribution in [3.8, 4) is 0 Å². The van der Waals surface area contributed by atoms with Gasteiger partial charge in [-0.3, -0.25) is 4.79 Å². The van der Waals surface area contributed by atoms with Crippen LogP contribution in [-0.2, 0) is 17.6 Å². The molecule has 2 aromatic carbocycles. The highest BCUT2D eigenvalue weighted by Crippen LogP contribution is 2.16. The van der Waals surface area contributed by atoms with E-state index in [0.717, 1.165) is 11.1 Å². The van der Waals surface area contributed by atoms with Gasteiger partial charge < -0.3 is 0 Å². The molecule has 0 aliphatic heterocycles. The normalized spacial score (nSPS) is 10.4. The molecule has 0 unspecified atom stereocenters. The summed E-state index contributed by atoms with van der Waals surface area (Å²) in [6.07, 6.45) is 3.10. The average Bonchev–Trinajstić information content (AvgIpc) is 2.42. The summed E-state index contributed by atoms with van der Waals surface area (Å²) in [6.45, 7) is 2.05. The Morgan fingerprint density at radius 2 is 1.68 bits per heavy atom. The molecule has 0 radical (unpaired) electrons. The summed E-state index contributed by atoms with van der Waals surface area (Å²) in [5, 5.41) is 0. The maximum Gasteiger partial charge on any atom is 0.141 e. The number of hydrogen-bond donors (Lipinski definition) is 0. The highest BCUT2D eigenvalue weighted by molar-refractivity contribution is 7.98. The summed E-state index contributed by atoms with van der Waals surface area (Å²) in [7, 11) is 0. The average molecular weight is 270 g/mol. The molecule has 19 heavy (non-hydrogen) atoms. The second kappa shape index (κ2) is 6.58. The van der Waals surface area contributed by atoms with Gasteiger partial charge in [-0.05, 0) is 42.0 Å². The Bertz CT molecular complexity index is 558. The highest BCUT2D eigenvalue weighted by atomic mass is 32.2. The third-order valence-electron chi connectivity index (χ3n) is 3.21. The maximum absolute atomic E-state index is 12.1. The lowest BCUT2D eigenvalue weighted by atomic mass is 10.00. The van der Waals surface area contributed by atoms with Crippen molar-refractivity contribution in [2.24, 2.45) is 0 Å². The number of benzene rings is 2. The number of carbonyl (C=O) groups is 1. The van der Waals surface area contributed by atoms with Gasteiger partial charge in [0.05, 0.1) is 0 Å². The first-order chi connectivity index (χ1) is 9.19. The van der Waals surface area contributed by atoms with Gasteiger partial charge in [-0.2, -0.15) is 0 Å². The largest absolute Gasteiger partial charge is 0.299 e. The van der Waals surface area contributed by atoms with Crippen LogP contribution < -0.4 is 0 Å². The van der Waals surface area contributed by atoms with Gasteiger partial charge in [0, 0.05) is 17.7 Å². The molecule has 0 spiro atoms. The minimum atomic E-state index is 0.270. The van der Waals surface area contributed by atoms with E-state index in [9.17, 15) is 4.79 Å². The Balaban J connectivity index is 1.99. The topological polar surface area (TPSA) is 17.1 Å². The first kappa shape index (κ1) is 13.9. The molecule has 0 bridgehead atoms. The van der Waals surface area contributed by atoms with Crippen LogP contribution in [-0.4, -0.2) is 12.0 Å². The van der Waals surface area contributed by atoms with Gasteiger partial charge in [-0.25, -0.2) is 0 Å². The zero-order valence-electron chi connectivity index (χ0n) is 11.3. The van der Waals surface area contributed by atoms with Gasteiger partial charge in [-0.15, -0.1) is 11.8 Å². The third-order valence-corrected chi connectivity index (χ3v) is 3.95. The van der Waals surface area contributed by atoms with E-state index in [1.165, 1.54) is 10.5 Å². The van der Waals surface area contributed by atoms with E-state index in [1.807, 2.05) is 30.3 Å². The first-order valence-corrected chi connectivity index (χ1v) is 7.60. The lowest BCUT2D eigenvalue weighted by molar-refractivity contribution is -0.117.